The molecule has 0 atom stereocenters. The molecular weight excluding hydrogens is 305 g/mol. The predicted molar refractivity (Wildman–Crippen MR) is 77.9 cm³/mol. The number of nitrogens with one attached hydrogen (secondary N) is 1. The van der Waals surface area contributed by atoms with Crippen molar-refractivity contribution in [2.45, 2.75) is 11.8 Å². The van der Waals surface area contributed by atoms with E-state index in [1.54, 1.807) is 24.3 Å². The highest BCUT2D eigenvalue weighted by Crippen LogP contribution is 2.18. The minimum absolute atomic E-state index is 0.316. The molecule has 2 aromatic rings. The van der Waals surface area contributed by atoms with Crippen LogP contribution in [0.4, 0.5) is 0 Å². The van der Waals surface area contributed by atoms with Crippen LogP contribution in [0.5, 0.6) is 5.75 Å². The number of halogens is 2. The SMILES string of the molecule is C=C(Cl)CSc1n[nH]c(COc2ccc(Cl)cc2)n1. The normalized spacial score (nSPS) is 10.4. The molecule has 0 amide bonds. The summed E-state index contributed by atoms with van der Waals surface area (Å²) in [6.45, 7) is 3.92. The molecule has 0 fully saturated rings. The Bertz CT molecular complexity index is 556. The van der Waals surface area contributed by atoms with Crippen molar-refractivity contribution < 1.29 is 4.74 Å². The molecule has 1 N–H and O–H groups in total. The van der Waals surface area contributed by atoms with E-state index in [9.17, 15) is 0 Å². The van der Waals surface area contributed by atoms with Gasteiger partial charge in [-0.2, -0.15) is 0 Å². The average molecular weight is 316 g/mol. The lowest BCUT2D eigenvalue weighted by Gasteiger charge is -2.03. The fourth-order valence-corrected chi connectivity index (χ4v) is 2.09. The first-order chi connectivity index (χ1) is 9.13. The van der Waals surface area contributed by atoms with E-state index in [1.807, 2.05) is 0 Å². The lowest BCUT2D eigenvalue weighted by atomic mass is 10.3. The summed E-state index contributed by atoms with van der Waals surface area (Å²) in [4.78, 5) is 4.26. The molecule has 0 bridgehead atoms. The maximum absolute atomic E-state index is 5.79. The lowest BCUT2D eigenvalue weighted by molar-refractivity contribution is 0.296. The molecule has 0 saturated heterocycles. The molecule has 0 radical (unpaired) electrons. The van der Waals surface area contributed by atoms with Gasteiger partial charge in [-0.3, -0.25) is 5.10 Å². The number of H-pyrrole nitrogens is 1. The molecule has 1 aromatic heterocycles. The Labute approximate surface area is 125 Å². The standard InChI is InChI=1S/C12H11Cl2N3OS/c1-8(13)7-19-12-15-11(16-17-12)6-18-10-4-2-9(14)3-5-10/h2-5H,1,6-7H2,(H,15,16,17). The molecule has 1 aromatic carbocycles. The largest absolute Gasteiger partial charge is 0.486 e. The van der Waals surface area contributed by atoms with Crippen molar-refractivity contribution in [2.24, 2.45) is 0 Å². The number of nitrogens with zero attached hydrogens (tertiary/aromatic N) is 2. The smallest absolute Gasteiger partial charge is 0.208 e. The van der Waals surface area contributed by atoms with Crippen molar-refractivity contribution in [3.63, 3.8) is 0 Å². The Hall–Kier alpha value is -1.17. The van der Waals surface area contributed by atoms with Crippen LogP contribution in [0.1, 0.15) is 5.82 Å². The summed E-state index contributed by atoms with van der Waals surface area (Å²) >= 11 is 12.9. The van der Waals surface area contributed by atoms with Gasteiger partial charge in [-0.1, -0.05) is 41.5 Å². The molecule has 0 aliphatic carbocycles. The molecule has 1 heterocycles. The zero-order valence-corrected chi connectivity index (χ0v) is 12.2. The van der Waals surface area contributed by atoms with E-state index < -0.39 is 0 Å². The number of thioether (sulfide) groups is 1. The monoisotopic (exact) mass is 315 g/mol. The van der Waals surface area contributed by atoms with Crippen LogP contribution < -0.4 is 4.74 Å². The molecule has 0 saturated carbocycles. The molecule has 0 unspecified atom stereocenters. The topological polar surface area (TPSA) is 50.8 Å². The number of benzene rings is 1. The van der Waals surface area contributed by atoms with E-state index in [-0.39, 0.29) is 0 Å². The van der Waals surface area contributed by atoms with Crippen molar-refractivity contribution in [2.75, 3.05) is 5.75 Å². The Morgan fingerprint density at radius 2 is 2.11 bits per heavy atom. The van der Waals surface area contributed by atoms with Crippen LogP contribution in [0.3, 0.4) is 0 Å². The zero-order valence-electron chi connectivity index (χ0n) is 9.90. The second-order valence-corrected chi connectivity index (χ2v) is 5.53. The molecule has 19 heavy (non-hydrogen) atoms. The van der Waals surface area contributed by atoms with Crippen molar-refractivity contribution >= 4 is 35.0 Å². The van der Waals surface area contributed by atoms with Crippen LogP contribution in [0.25, 0.3) is 0 Å². The third-order valence-corrected chi connectivity index (χ3v) is 3.54. The predicted octanol–water partition coefficient (Wildman–Crippen LogP) is 3.88. The summed E-state index contributed by atoms with van der Waals surface area (Å²) < 4.78 is 5.54. The summed E-state index contributed by atoms with van der Waals surface area (Å²) in [5.41, 5.74) is 0. The minimum Gasteiger partial charge on any atom is -0.486 e. The summed E-state index contributed by atoms with van der Waals surface area (Å²) in [6, 6.07) is 7.13. The van der Waals surface area contributed by atoms with Gasteiger partial charge < -0.3 is 4.74 Å². The van der Waals surface area contributed by atoms with Gasteiger partial charge in [0.05, 0.1) is 0 Å². The van der Waals surface area contributed by atoms with E-state index in [2.05, 4.69) is 21.8 Å². The van der Waals surface area contributed by atoms with Gasteiger partial charge in [0.1, 0.15) is 12.4 Å². The summed E-state index contributed by atoms with van der Waals surface area (Å²) in [5.74, 6) is 1.96. The highest BCUT2D eigenvalue weighted by Gasteiger charge is 2.05. The molecule has 4 nitrogen and oxygen atoms in total. The Morgan fingerprint density at radius 3 is 2.79 bits per heavy atom. The maximum atomic E-state index is 5.79. The average Bonchev–Trinajstić information content (AvgIpc) is 2.84. The van der Waals surface area contributed by atoms with E-state index in [0.717, 1.165) is 5.75 Å². The van der Waals surface area contributed by atoms with E-state index in [4.69, 9.17) is 27.9 Å². The molecule has 0 aliphatic rings. The molecule has 2 rings (SSSR count). The number of hydrogen-bond donors (Lipinski definition) is 1. The first kappa shape index (κ1) is 14.2. The van der Waals surface area contributed by atoms with Gasteiger partial charge in [-0.05, 0) is 24.3 Å². The van der Waals surface area contributed by atoms with Crippen molar-refractivity contribution in [3.05, 3.63) is 46.7 Å². The number of ether oxygens (including phenoxy) is 1. The van der Waals surface area contributed by atoms with Crippen LogP contribution in [-0.2, 0) is 6.61 Å². The molecule has 7 heteroatoms. The van der Waals surface area contributed by atoms with Crippen LogP contribution in [0, 0.1) is 0 Å². The molecular formula is C12H11Cl2N3OS. The molecule has 0 spiro atoms. The zero-order chi connectivity index (χ0) is 13.7. The lowest BCUT2D eigenvalue weighted by Crippen LogP contribution is -1.97. The summed E-state index contributed by atoms with van der Waals surface area (Å²) in [7, 11) is 0. The minimum atomic E-state index is 0.316. The molecule has 100 valence electrons. The van der Waals surface area contributed by atoms with Gasteiger partial charge in [-0.15, -0.1) is 5.10 Å². The number of aromatic nitrogens is 3. The van der Waals surface area contributed by atoms with Gasteiger partial charge in [0, 0.05) is 15.8 Å². The highest BCUT2D eigenvalue weighted by atomic mass is 35.5. The first-order valence-electron chi connectivity index (χ1n) is 5.39. The highest BCUT2D eigenvalue weighted by molar-refractivity contribution is 7.99. The van der Waals surface area contributed by atoms with Crippen molar-refractivity contribution in [3.8, 4) is 5.75 Å². The summed E-state index contributed by atoms with van der Waals surface area (Å²) in [5, 5.41) is 8.70. The van der Waals surface area contributed by atoms with Gasteiger partial charge in [0.25, 0.3) is 0 Å². The van der Waals surface area contributed by atoms with Gasteiger partial charge in [0.2, 0.25) is 5.16 Å². The maximum Gasteiger partial charge on any atom is 0.208 e. The van der Waals surface area contributed by atoms with Crippen LogP contribution in [0.2, 0.25) is 5.02 Å². The Balaban J connectivity index is 1.86. The fraction of sp³-hybridized carbons (Fsp3) is 0.167. The Kier molecular flexibility index (Phi) is 5.13. The van der Waals surface area contributed by atoms with E-state index in [0.29, 0.717) is 33.4 Å². The van der Waals surface area contributed by atoms with Crippen LogP contribution in [-0.4, -0.2) is 20.9 Å². The molecule has 0 aliphatic heterocycles. The van der Waals surface area contributed by atoms with E-state index >= 15 is 0 Å². The number of aromatic amines is 1. The van der Waals surface area contributed by atoms with E-state index in [1.165, 1.54) is 11.8 Å². The van der Waals surface area contributed by atoms with Crippen LogP contribution in [0.15, 0.2) is 41.0 Å². The summed E-state index contributed by atoms with van der Waals surface area (Å²) in [6.07, 6.45) is 0. The first-order valence-corrected chi connectivity index (χ1v) is 7.13. The van der Waals surface area contributed by atoms with Crippen molar-refractivity contribution in [1.29, 1.82) is 0 Å². The second-order valence-electron chi connectivity index (χ2n) is 3.61. The Morgan fingerprint density at radius 1 is 1.37 bits per heavy atom. The van der Waals surface area contributed by atoms with Crippen LogP contribution >= 0.6 is 35.0 Å². The van der Waals surface area contributed by atoms with Gasteiger partial charge >= 0.3 is 0 Å². The van der Waals surface area contributed by atoms with Gasteiger partial charge in [0.15, 0.2) is 5.82 Å². The fourth-order valence-electron chi connectivity index (χ4n) is 1.23. The number of rotatable bonds is 6. The third-order valence-electron chi connectivity index (χ3n) is 2.06. The van der Waals surface area contributed by atoms with Gasteiger partial charge in [-0.25, -0.2) is 4.98 Å². The number of hydrogen-bond acceptors (Lipinski definition) is 4. The second kappa shape index (κ2) is 6.84. The van der Waals surface area contributed by atoms with Crippen molar-refractivity contribution in [1.82, 2.24) is 15.2 Å². The quantitative estimate of drug-likeness (QED) is 0.822. The third kappa shape index (κ3) is 4.78.